The number of carbonyl (C=O) groups excluding carboxylic acids is 2. The summed E-state index contributed by atoms with van der Waals surface area (Å²) in [5.74, 6) is -0.433. The fourth-order valence-corrected chi connectivity index (χ4v) is 1.95. The Bertz CT molecular complexity index is 528. The molecule has 3 N–H and O–H groups in total. The maximum Gasteiger partial charge on any atom is 0.254 e. The fraction of sp³-hybridized carbons (Fsp3) is 0.467. The summed E-state index contributed by atoms with van der Waals surface area (Å²) in [5.41, 5.74) is 7.47. The van der Waals surface area contributed by atoms with Crippen LogP contribution in [0.15, 0.2) is 18.2 Å². The minimum Gasteiger partial charge on any atom is -0.399 e. The summed E-state index contributed by atoms with van der Waals surface area (Å²) in [4.78, 5) is 27.8. The number of amides is 2. The Morgan fingerprint density at radius 3 is 2.43 bits per heavy atom. The number of likely N-dealkylation sites (N-methyl/N-ethyl adjacent to an activating group) is 1. The first-order chi connectivity index (χ1) is 9.77. The van der Waals surface area contributed by atoms with Crippen molar-refractivity contribution in [1.82, 2.24) is 10.2 Å². The van der Waals surface area contributed by atoms with Crippen LogP contribution >= 0.6 is 0 Å². The Hall–Kier alpha value is -2.24. The largest absolute Gasteiger partial charge is 0.399 e. The van der Waals surface area contributed by atoms with Gasteiger partial charge in [0.15, 0.2) is 0 Å². The van der Waals surface area contributed by atoms with Crippen LogP contribution in [0.1, 0.15) is 24.2 Å². The lowest BCUT2D eigenvalue weighted by Gasteiger charge is -2.22. The number of nitrogen functional groups attached to an aromatic ring is 1. The molecule has 1 rings (SSSR count). The third-order valence-corrected chi connectivity index (χ3v) is 3.32. The van der Waals surface area contributed by atoms with Crippen LogP contribution in [0.25, 0.3) is 0 Å². The van der Waals surface area contributed by atoms with E-state index in [9.17, 15) is 9.59 Å². The average Bonchev–Trinajstić information content (AvgIpc) is 2.44. The van der Waals surface area contributed by atoms with Crippen molar-refractivity contribution in [2.45, 2.75) is 19.9 Å². The third-order valence-electron chi connectivity index (χ3n) is 3.32. The number of anilines is 2. The zero-order valence-corrected chi connectivity index (χ0v) is 13.3. The van der Waals surface area contributed by atoms with Crippen molar-refractivity contribution in [3.8, 4) is 0 Å². The molecule has 0 aliphatic rings. The Kier molecular flexibility index (Phi) is 5.58. The molecule has 1 atom stereocenters. The highest BCUT2D eigenvalue weighted by atomic mass is 16.2. The molecule has 0 aliphatic carbocycles. The molecule has 0 aliphatic heterocycles. The summed E-state index contributed by atoms with van der Waals surface area (Å²) >= 11 is 0. The number of nitrogens with one attached hydrogen (secondary N) is 1. The molecule has 6 nitrogen and oxygen atoms in total. The second kappa shape index (κ2) is 6.97. The van der Waals surface area contributed by atoms with Crippen molar-refractivity contribution in [3.05, 3.63) is 23.8 Å². The van der Waals surface area contributed by atoms with Crippen LogP contribution in [0.4, 0.5) is 11.4 Å². The van der Waals surface area contributed by atoms with Gasteiger partial charge in [0.2, 0.25) is 5.91 Å². The highest BCUT2D eigenvalue weighted by Crippen LogP contribution is 2.21. The van der Waals surface area contributed by atoms with E-state index in [4.69, 9.17) is 5.73 Å². The van der Waals surface area contributed by atoms with Gasteiger partial charge < -0.3 is 20.9 Å². The van der Waals surface area contributed by atoms with Crippen LogP contribution < -0.4 is 16.0 Å². The number of hydrogen-bond acceptors (Lipinski definition) is 4. The topological polar surface area (TPSA) is 78.7 Å². The van der Waals surface area contributed by atoms with Gasteiger partial charge in [-0.2, -0.15) is 0 Å². The van der Waals surface area contributed by atoms with Crippen molar-refractivity contribution in [1.29, 1.82) is 0 Å². The van der Waals surface area contributed by atoms with E-state index >= 15 is 0 Å². The number of hydrogen-bond donors (Lipinski definition) is 2. The van der Waals surface area contributed by atoms with E-state index in [2.05, 4.69) is 5.32 Å². The normalized spacial score (nSPS) is 11.7. The summed E-state index contributed by atoms with van der Waals surface area (Å²) < 4.78 is 0. The summed E-state index contributed by atoms with van der Waals surface area (Å²) in [6, 6.07) is 4.56. The molecule has 116 valence electrons. The summed E-state index contributed by atoms with van der Waals surface area (Å²) in [6.07, 6.45) is 0. The predicted octanol–water partition coefficient (Wildman–Crippen LogP) is 0.931. The lowest BCUT2D eigenvalue weighted by atomic mass is 10.1. The summed E-state index contributed by atoms with van der Waals surface area (Å²) in [7, 11) is 5.40. The molecule has 0 spiro atoms. The van der Waals surface area contributed by atoms with Gasteiger partial charge in [0.1, 0.15) is 6.04 Å². The quantitative estimate of drug-likeness (QED) is 0.791. The van der Waals surface area contributed by atoms with E-state index in [-0.39, 0.29) is 11.8 Å². The predicted molar refractivity (Wildman–Crippen MR) is 85.4 cm³/mol. The van der Waals surface area contributed by atoms with Crippen LogP contribution in [0.5, 0.6) is 0 Å². The van der Waals surface area contributed by atoms with Gasteiger partial charge in [-0.15, -0.1) is 0 Å². The Morgan fingerprint density at radius 1 is 1.29 bits per heavy atom. The van der Waals surface area contributed by atoms with Gasteiger partial charge in [-0.1, -0.05) is 0 Å². The summed E-state index contributed by atoms with van der Waals surface area (Å²) in [5, 5.41) is 2.72. The number of benzene rings is 1. The summed E-state index contributed by atoms with van der Waals surface area (Å²) in [6.45, 7) is 4.16. The third kappa shape index (κ3) is 4.11. The lowest BCUT2D eigenvalue weighted by molar-refractivity contribution is -0.131. The number of nitrogens with zero attached hydrogens (tertiary/aromatic N) is 2. The molecule has 0 aromatic heterocycles. The molecular formula is C15H24N4O2. The van der Waals surface area contributed by atoms with Crippen LogP contribution in [-0.4, -0.2) is 50.4 Å². The van der Waals surface area contributed by atoms with Gasteiger partial charge in [-0.05, 0) is 32.0 Å². The van der Waals surface area contributed by atoms with E-state index in [0.717, 1.165) is 5.69 Å². The number of rotatable bonds is 5. The minimum atomic E-state index is -0.584. The van der Waals surface area contributed by atoms with Gasteiger partial charge in [0, 0.05) is 39.1 Å². The molecule has 1 aromatic rings. The maximum atomic E-state index is 12.4. The Balaban J connectivity index is 2.94. The van der Waals surface area contributed by atoms with E-state index in [1.54, 1.807) is 37.1 Å². The molecule has 0 radical (unpaired) electrons. The van der Waals surface area contributed by atoms with Crippen molar-refractivity contribution in [2.24, 2.45) is 0 Å². The van der Waals surface area contributed by atoms with E-state index < -0.39 is 6.04 Å². The second-order valence-corrected chi connectivity index (χ2v) is 5.22. The zero-order valence-electron chi connectivity index (χ0n) is 13.3. The van der Waals surface area contributed by atoms with Crippen molar-refractivity contribution >= 4 is 23.2 Å². The SMILES string of the molecule is CCN(C)C(=O)C(C)NC(=O)c1cc(N)ccc1N(C)C. The smallest absolute Gasteiger partial charge is 0.254 e. The van der Waals surface area contributed by atoms with Gasteiger partial charge in [-0.3, -0.25) is 9.59 Å². The second-order valence-electron chi connectivity index (χ2n) is 5.22. The van der Waals surface area contributed by atoms with Crippen molar-refractivity contribution in [2.75, 3.05) is 38.3 Å². The highest BCUT2D eigenvalue weighted by Gasteiger charge is 2.21. The first-order valence-corrected chi connectivity index (χ1v) is 6.90. The highest BCUT2D eigenvalue weighted by molar-refractivity contribution is 6.02. The lowest BCUT2D eigenvalue weighted by Crippen LogP contribution is -2.45. The molecule has 2 amide bonds. The monoisotopic (exact) mass is 292 g/mol. The first-order valence-electron chi connectivity index (χ1n) is 6.90. The molecule has 1 aromatic carbocycles. The van der Waals surface area contributed by atoms with Gasteiger partial charge in [-0.25, -0.2) is 0 Å². The Labute approximate surface area is 125 Å². The maximum absolute atomic E-state index is 12.4. The standard InChI is InChI=1S/C15H24N4O2/c1-6-19(5)15(21)10(2)17-14(20)12-9-11(16)7-8-13(12)18(3)4/h7-10H,6,16H2,1-5H3,(H,17,20). The molecule has 6 heteroatoms. The van der Waals surface area contributed by atoms with Crippen LogP contribution in [0.3, 0.4) is 0 Å². The van der Waals surface area contributed by atoms with Crippen LogP contribution in [0, 0.1) is 0 Å². The fourth-order valence-electron chi connectivity index (χ4n) is 1.95. The zero-order chi connectivity index (χ0) is 16.2. The molecule has 0 bridgehead atoms. The number of carbonyl (C=O) groups is 2. The molecule has 21 heavy (non-hydrogen) atoms. The minimum absolute atomic E-state index is 0.124. The van der Waals surface area contributed by atoms with Gasteiger partial charge in [0.25, 0.3) is 5.91 Å². The molecule has 0 fully saturated rings. The van der Waals surface area contributed by atoms with Crippen molar-refractivity contribution < 1.29 is 9.59 Å². The molecule has 1 unspecified atom stereocenters. The van der Waals surface area contributed by atoms with E-state index in [1.807, 2.05) is 25.9 Å². The molecule has 0 saturated heterocycles. The van der Waals surface area contributed by atoms with Gasteiger partial charge in [0.05, 0.1) is 5.56 Å². The van der Waals surface area contributed by atoms with Crippen LogP contribution in [0.2, 0.25) is 0 Å². The van der Waals surface area contributed by atoms with Crippen LogP contribution in [-0.2, 0) is 4.79 Å². The molecular weight excluding hydrogens is 268 g/mol. The molecule has 0 saturated carbocycles. The van der Waals surface area contributed by atoms with Crippen molar-refractivity contribution in [3.63, 3.8) is 0 Å². The molecule has 0 heterocycles. The average molecular weight is 292 g/mol. The van der Waals surface area contributed by atoms with Gasteiger partial charge >= 0.3 is 0 Å². The Morgan fingerprint density at radius 2 is 1.90 bits per heavy atom. The van der Waals surface area contributed by atoms with E-state index in [0.29, 0.717) is 17.8 Å². The number of nitrogens with two attached hydrogens (primary N) is 1. The first kappa shape index (κ1) is 16.8. The van der Waals surface area contributed by atoms with E-state index in [1.165, 1.54) is 0 Å².